The molecule has 0 amide bonds. The maximum Gasteiger partial charge on any atom is 0.433 e. The molecule has 0 fully saturated rings. The van der Waals surface area contributed by atoms with Crippen LogP contribution < -0.4 is 10.1 Å². The topological polar surface area (TPSA) is 91.2 Å². The highest BCUT2D eigenvalue weighted by Crippen LogP contribution is 2.31. The molecule has 2 aromatic carbocycles. The van der Waals surface area contributed by atoms with Gasteiger partial charge in [0.15, 0.2) is 5.82 Å². The van der Waals surface area contributed by atoms with Crippen molar-refractivity contribution >= 4 is 16.9 Å². The first-order valence-electron chi connectivity index (χ1n) is 12.7. The Kier molecular flexibility index (Phi) is 7.71. The first kappa shape index (κ1) is 27.8. The predicted molar refractivity (Wildman–Crippen MR) is 147 cm³/mol. The number of methoxy groups -OCH3 is 2. The standard InChI is InChI=1S/C30H26F3N5O3/c1-18(34-16-19-10-12-21(40-2)13-11-19)24-6-4-7-25(36-24)20-14-22(29(39)41-3)23-17-35-38(26(23)15-20)28-9-5-8-27(37-28)30(31,32)33/h4-15,17-18,34H,16H2,1-3H3. The summed E-state index contributed by atoms with van der Waals surface area (Å²) in [6.45, 7) is 2.60. The van der Waals surface area contributed by atoms with Gasteiger partial charge in [0.25, 0.3) is 0 Å². The van der Waals surface area contributed by atoms with Crippen LogP contribution in [0.5, 0.6) is 5.75 Å². The van der Waals surface area contributed by atoms with Crippen LogP contribution >= 0.6 is 0 Å². The highest BCUT2D eigenvalue weighted by atomic mass is 19.4. The van der Waals surface area contributed by atoms with Crippen LogP contribution in [0.15, 0.2) is 79.0 Å². The lowest BCUT2D eigenvalue weighted by Gasteiger charge is -2.15. The van der Waals surface area contributed by atoms with E-state index in [0.717, 1.165) is 23.1 Å². The van der Waals surface area contributed by atoms with Gasteiger partial charge in [0.2, 0.25) is 0 Å². The number of carbonyl (C=O) groups excluding carboxylic acids is 1. The SMILES string of the molecule is COC(=O)c1cc(-c2cccc(C(C)NCc3ccc(OC)cc3)n2)cc2c1cnn2-c1cccc(C(F)(F)F)n1. The molecule has 0 radical (unpaired) electrons. The molecule has 1 unspecified atom stereocenters. The Morgan fingerprint density at radius 2 is 1.76 bits per heavy atom. The molecule has 0 spiro atoms. The molecule has 0 aliphatic heterocycles. The third-order valence-electron chi connectivity index (χ3n) is 6.62. The molecular weight excluding hydrogens is 535 g/mol. The monoisotopic (exact) mass is 561 g/mol. The first-order chi connectivity index (χ1) is 19.7. The Morgan fingerprint density at radius 1 is 1.00 bits per heavy atom. The van der Waals surface area contributed by atoms with Gasteiger partial charge in [0.1, 0.15) is 11.4 Å². The number of hydrogen-bond donors (Lipinski definition) is 1. The number of nitrogens with zero attached hydrogens (tertiary/aromatic N) is 4. The molecule has 11 heteroatoms. The number of ether oxygens (including phenoxy) is 2. The molecule has 3 aromatic heterocycles. The molecule has 41 heavy (non-hydrogen) atoms. The average Bonchev–Trinajstić information content (AvgIpc) is 3.43. The summed E-state index contributed by atoms with van der Waals surface area (Å²) in [7, 11) is 2.88. The fraction of sp³-hybridized carbons (Fsp3) is 0.200. The summed E-state index contributed by atoms with van der Waals surface area (Å²) >= 11 is 0. The van der Waals surface area contributed by atoms with Gasteiger partial charge in [-0.05, 0) is 61.0 Å². The van der Waals surface area contributed by atoms with Crippen molar-refractivity contribution in [1.29, 1.82) is 0 Å². The maximum absolute atomic E-state index is 13.3. The Labute approximate surface area is 233 Å². The minimum atomic E-state index is -4.62. The Morgan fingerprint density at radius 3 is 2.46 bits per heavy atom. The number of nitrogens with one attached hydrogen (secondary N) is 1. The minimum Gasteiger partial charge on any atom is -0.497 e. The quantitative estimate of drug-likeness (QED) is 0.227. The summed E-state index contributed by atoms with van der Waals surface area (Å²) in [6.07, 6.45) is -3.22. The van der Waals surface area contributed by atoms with Gasteiger partial charge in [-0.15, -0.1) is 0 Å². The fourth-order valence-corrected chi connectivity index (χ4v) is 4.41. The van der Waals surface area contributed by atoms with Crippen molar-refractivity contribution in [2.45, 2.75) is 25.7 Å². The largest absolute Gasteiger partial charge is 0.497 e. The van der Waals surface area contributed by atoms with E-state index in [9.17, 15) is 18.0 Å². The molecule has 0 saturated heterocycles. The second-order valence-electron chi connectivity index (χ2n) is 9.28. The van der Waals surface area contributed by atoms with Crippen molar-refractivity contribution < 1.29 is 27.4 Å². The molecule has 5 aromatic rings. The van der Waals surface area contributed by atoms with Gasteiger partial charge in [-0.25, -0.2) is 14.5 Å². The van der Waals surface area contributed by atoms with E-state index in [1.54, 1.807) is 25.3 Å². The number of fused-ring (bicyclic) bond motifs is 1. The summed E-state index contributed by atoms with van der Waals surface area (Å²) in [4.78, 5) is 21.3. The molecule has 8 nitrogen and oxygen atoms in total. The zero-order valence-corrected chi connectivity index (χ0v) is 22.4. The minimum absolute atomic E-state index is 0.0409. The van der Waals surface area contributed by atoms with E-state index in [1.165, 1.54) is 30.1 Å². The summed E-state index contributed by atoms with van der Waals surface area (Å²) in [5.74, 6) is 0.129. The highest BCUT2D eigenvalue weighted by Gasteiger charge is 2.32. The van der Waals surface area contributed by atoms with E-state index in [-0.39, 0.29) is 17.4 Å². The first-order valence-corrected chi connectivity index (χ1v) is 12.7. The molecule has 3 heterocycles. The molecule has 210 valence electrons. The normalized spacial score (nSPS) is 12.3. The summed E-state index contributed by atoms with van der Waals surface area (Å²) in [5.41, 5.74) is 2.52. The number of rotatable bonds is 8. The lowest BCUT2D eigenvalue weighted by Crippen LogP contribution is -2.19. The third-order valence-corrected chi connectivity index (χ3v) is 6.62. The fourth-order valence-electron chi connectivity index (χ4n) is 4.41. The van der Waals surface area contributed by atoms with Crippen LogP contribution in [0, 0.1) is 0 Å². The van der Waals surface area contributed by atoms with E-state index in [1.807, 2.05) is 43.3 Å². The van der Waals surface area contributed by atoms with Gasteiger partial charge in [0, 0.05) is 23.5 Å². The van der Waals surface area contributed by atoms with Crippen molar-refractivity contribution in [1.82, 2.24) is 25.1 Å². The van der Waals surface area contributed by atoms with Gasteiger partial charge in [0.05, 0.1) is 42.9 Å². The molecule has 5 rings (SSSR count). The predicted octanol–water partition coefficient (Wildman–Crippen LogP) is 6.15. The number of pyridine rings is 2. The van der Waals surface area contributed by atoms with Crippen LogP contribution in [0.25, 0.3) is 28.0 Å². The lowest BCUT2D eigenvalue weighted by molar-refractivity contribution is -0.141. The van der Waals surface area contributed by atoms with Crippen LogP contribution in [-0.2, 0) is 17.5 Å². The molecular formula is C30H26F3N5O3. The van der Waals surface area contributed by atoms with E-state index >= 15 is 0 Å². The zero-order valence-electron chi connectivity index (χ0n) is 22.4. The third kappa shape index (κ3) is 5.90. The van der Waals surface area contributed by atoms with Gasteiger partial charge in [-0.3, -0.25) is 4.98 Å². The summed E-state index contributed by atoms with van der Waals surface area (Å²) in [5, 5.41) is 8.11. The van der Waals surface area contributed by atoms with Crippen molar-refractivity contribution in [3.63, 3.8) is 0 Å². The van der Waals surface area contributed by atoms with Crippen LogP contribution in [-0.4, -0.2) is 39.9 Å². The van der Waals surface area contributed by atoms with E-state index < -0.39 is 17.8 Å². The van der Waals surface area contributed by atoms with Crippen molar-refractivity contribution in [2.75, 3.05) is 14.2 Å². The van der Waals surface area contributed by atoms with Crippen LogP contribution in [0.1, 0.15) is 40.3 Å². The molecule has 0 aliphatic carbocycles. The van der Waals surface area contributed by atoms with Gasteiger partial charge >= 0.3 is 12.1 Å². The zero-order chi connectivity index (χ0) is 29.1. The Balaban J connectivity index is 1.51. The second-order valence-corrected chi connectivity index (χ2v) is 9.28. The molecule has 0 saturated carbocycles. The number of aromatic nitrogens is 4. The van der Waals surface area contributed by atoms with Crippen LogP contribution in [0.4, 0.5) is 13.2 Å². The number of halogens is 3. The second kappa shape index (κ2) is 11.4. The lowest BCUT2D eigenvalue weighted by atomic mass is 10.0. The van der Waals surface area contributed by atoms with Gasteiger partial charge in [-0.1, -0.05) is 24.3 Å². The van der Waals surface area contributed by atoms with Gasteiger partial charge < -0.3 is 14.8 Å². The number of alkyl halides is 3. The summed E-state index contributed by atoms with van der Waals surface area (Å²) < 4.78 is 51.5. The number of esters is 1. The van der Waals surface area contributed by atoms with Crippen molar-refractivity contribution in [3.8, 4) is 22.8 Å². The van der Waals surface area contributed by atoms with E-state index in [2.05, 4.69) is 15.4 Å². The maximum atomic E-state index is 13.3. The molecule has 1 N–H and O–H groups in total. The molecule has 0 aliphatic rings. The number of carbonyl (C=O) groups is 1. The van der Waals surface area contributed by atoms with Crippen molar-refractivity contribution in [2.24, 2.45) is 0 Å². The Bertz CT molecular complexity index is 1700. The van der Waals surface area contributed by atoms with E-state index in [0.29, 0.717) is 28.7 Å². The van der Waals surface area contributed by atoms with E-state index in [4.69, 9.17) is 14.5 Å². The smallest absolute Gasteiger partial charge is 0.433 e. The molecule has 0 bridgehead atoms. The summed E-state index contributed by atoms with van der Waals surface area (Å²) in [6, 6.07) is 20.1. The number of hydrogen-bond acceptors (Lipinski definition) is 7. The van der Waals surface area contributed by atoms with Gasteiger partial charge in [-0.2, -0.15) is 18.3 Å². The van der Waals surface area contributed by atoms with Crippen LogP contribution in [0.2, 0.25) is 0 Å². The molecule has 1 atom stereocenters. The Hall–Kier alpha value is -4.77. The number of benzene rings is 2. The average molecular weight is 562 g/mol. The van der Waals surface area contributed by atoms with Crippen LogP contribution in [0.3, 0.4) is 0 Å². The highest BCUT2D eigenvalue weighted by molar-refractivity contribution is 6.05. The van der Waals surface area contributed by atoms with Crippen molar-refractivity contribution in [3.05, 3.63) is 102 Å².